The van der Waals surface area contributed by atoms with Gasteiger partial charge in [0.2, 0.25) is 0 Å². The molecule has 1 aromatic carbocycles. The van der Waals surface area contributed by atoms with Crippen LogP contribution in [0.4, 0.5) is 9.18 Å². The number of nitrogens with zero attached hydrogens (tertiary/aromatic N) is 1. The molecule has 0 radical (unpaired) electrons. The Morgan fingerprint density at radius 2 is 2.10 bits per heavy atom. The van der Waals surface area contributed by atoms with Gasteiger partial charge in [-0.05, 0) is 24.5 Å². The lowest BCUT2D eigenvalue weighted by Crippen LogP contribution is -2.32. The summed E-state index contributed by atoms with van der Waals surface area (Å²) in [6.45, 7) is 3.79. The lowest BCUT2D eigenvalue weighted by molar-refractivity contribution is -0.128. The van der Waals surface area contributed by atoms with Gasteiger partial charge >= 0.3 is 6.03 Å². The minimum atomic E-state index is -0.534. The van der Waals surface area contributed by atoms with Gasteiger partial charge in [0, 0.05) is 10.6 Å². The molecule has 1 heterocycles. The number of rotatable bonds is 4. The minimum Gasteiger partial charge on any atom is -0.326 e. The number of hydrogen-bond acceptors (Lipinski definition) is 2. The largest absolute Gasteiger partial charge is 0.326 e. The molecule has 108 valence electrons. The van der Waals surface area contributed by atoms with Crippen molar-refractivity contribution in [2.24, 2.45) is 5.92 Å². The first-order valence-corrected chi connectivity index (χ1v) is 6.82. The van der Waals surface area contributed by atoms with Crippen LogP contribution in [0.2, 0.25) is 5.02 Å². The molecule has 0 aromatic heterocycles. The Morgan fingerprint density at radius 3 is 2.70 bits per heavy atom. The van der Waals surface area contributed by atoms with E-state index in [9.17, 15) is 14.0 Å². The number of carbonyl (C=O) groups excluding carboxylic acids is 2. The van der Waals surface area contributed by atoms with Gasteiger partial charge in [-0.15, -0.1) is 0 Å². The summed E-state index contributed by atoms with van der Waals surface area (Å²) < 4.78 is 13.7. The van der Waals surface area contributed by atoms with Gasteiger partial charge < -0.3 is 5.32 Å². The predicted molar refractivity (Wildman–Crippen MR) is 73.7 cm³/mol. The highest BCUT2D eigenvalue weighted by atomic mass is 35.5. The summed E-state index contributed by atoms with van der Waals surface area (Å²) in [5.74, 6) is -0.574. The van der Waals surface area contributed by atoms with Crippen LogP contribution >= 0.6 is 11.6 Å². The smallest absolute Gasteiger partial charge is 0.325 e. The molecule has 0 bridgehead atoms. The average molecular weight is 299 g/mol. The van der Waals surface area contributed by atoms with E-state index in [1.54, 1.807) is 0 Å². The van der Waals surface area contributed by atoms with E-state index < -0.39 is 17.9 Å². The Kier molecular flexibility index (Phi) is 4.28. The number of amides is 3. The molecule has 1 saturated heterocycles. The molecule has 1 aliphatic rings. The van der Waals surface area contributed by atoms with Crippen molar-refractivity contribution in [1.29, 1.82) is 0 Å². The fraction of sp³-hybridized carbons (Fsp3) is 0.429. The Balaban J connectivity index is 2.17. The molecule has 2 rings (SSSR count). The van der Waals surface area contributed by atoms with Crippen molar-refractivity contribution in [3.05, 3.63) is 34.6 Å². The summed E-state index contributed by atoms with van der Waals surface area (Å²) in [6.07, 6.45) is 0.562. The molecule has 1 N–H and O–H groups in total. The number of hydrogen-bond donors (Lipinski definition) is 1. The lowest BCUT2D eigenvalue weighted by atomic mass is 10.0. The average Bonchev–Trinajstić information content (AvgIpc) is 2.60. The van der Waals surface area contributed by atoms with E-state index in [2.05, 4.69) is 5.32 Å². The first-order chi connectivity index (χ1) is 9.40. The summed E-state index contributed by atoms with van der Waals surface area (Å²) in [5, 5.41) is 2.82. The molecule has 6 heteroatoms. The zero-order valence-electron chi connectivity index (χ0n) is 11.3. The van der Waals surface area contributed by atoms with Crippen molar-refractivity contribution in [2.75, 3.05) is 0 Å². The lowest BCUT2D eigenvalue weighted by Gasteiger charge is -2.15. The molecule has 0 saturated carbocycles. The zero-order chi connectivity index (χ0) is 14.9. The summed E-state index contributed by atoms with van der Waals surface area (Å²) >= 11 is 5.91. The molecule has 1 fully saturated rings. The highest BCUT2D eigenvalue weighted by Gasteiger charge is 2.38. The Labute approximate surface area is 121 Å². The van der Waals surface area contributed by atoms with E-state index in [0.29, 0.717) is 6.42 Å². The Morgan fingerprint density at radius 1 is 1.40 bits per heavy atom. The SMILES string of the molecule is CC(C)CC1NC(=O)N(Cc2c(F)cccc2Cl)C1=O. The second kappa shape index (κ2) is 5.79. The van der Waals surface area contributed by atoms with Crippen LogP contribution in [-0.2, 0) is 11.3 Å². The van der Waals surface area contributed by atoms with Crippen LogP contribution in [0.3, 0.4) is 0 Å². The quantitative estimate of drug-likeness (QED) is 0.869. The van der Waals surface area contributed by atoms with Gasteiger partial charge in [0.25, 0.3) is 5.91 Å². The van der Waals surface area contributed by atoms with Crippen molar-refractivity contribution in [3.8, 4) is 0 Å². The van der Waals surface area contributed by atoms with E-state index in [4.69, 9.17) is 11.6 Å². The van der Waals surface area contributed by atoms with Gasteiger partial charge in [0.1, 0.15) is 11.9 Å². The van der Waals surface area contributed by atoms with Gasteiger partial charge in [-0.2, -0.15) is 0 Å². The molecular formula is C14H16ClFN2O2. The normalized spacial score (nSPS) is 18.9. The summed E-state index contributed by atoms with van der Waals surface area (Å²) in [5.41, 5.74) is 0.155. The number of carbonyl (C=O) groups is 2. The van der Waals surface area contributed by atoms with E-state index in [-0.39, 0.29) is 29.0 Å². The number of halogens is 2. The van der Waals surface area contributed by atoms with E-state index in [1.807, 2.05) is 13.8 Å². The second-order valence-electron chi connectivity index (χ2n) is 5.26. The number of benzene rings is 1. The summed E-state index contributed by atoms with van der Waals surface area (Å²) in [6, 6.07) is 3.23. The van der Waals surface area contributed by atoms with Crippen LogP contribution in [0.5, 0.6) is 0 Å². The number of nitrogens with one attached hydrogen (secondary N) is 1. The van der Waals surface area contributed by atoms with Crippen LogP contribution in [-0.4, -0.2) is 22.9 Å². The minimum absolute atomic E-state index is 0.148. The topological polar surface area (TPSA) is 49.4 Å². The van der Waals surface area contributed by atoms with Crippen molar-refractivity contribution in [1.82, 2.24) is 10.2 Å². The van der Waals surface area contributed by atoms with Gasteiger partial charge in [-0.3, -0.25) is 9.69 Å². The van der Waals surface area contributed by atoms with Crippen molar-refractivity contribution >= 4 is 23.5 Å². The molecule has 20 heavy (non-hydrogen) atoms. The number of imide groups is 1. The third-order valence-electron chi connectivity index (χ3n) is 3.19. The fourth-order valence-corrected chi connectivity index (χ4v) is 2.42. The first-order valence-electron chi connectivity index (χ1n) is 6.45. The molecule has 3 amide bonds. The maximum atomic E-state index is 13.7. The Bertz CT molecular complexity index is 528. The standard InChI is InChI=1S/C14H16ClFN2O2/c1-8(2)6-12-13(19)18(14(20)17-12)7-9-10(15)4-3-5-11(9)16/h3-5,8,12H,6-7H2,1-2H3,(H,17,20). The molecule has 1 atom stereocenters. The van der Waals surface area contributed by atoms with Crippen molar-refractivity contribution < 1.29 is 14.0 Å². The monoisotopic (exact) mass is 298 g/mol. The zero-order valence-corrected chi connectivity index (χ0v) is 12.1. The maximum absolute atomic E-state index is 13.7. The first kappa shape index (κ1) is 14.8. The molecule has 4 nitrogen and oxygen atoms in total. The summed E-state index contributed by atoms with van der Waals surface area (Å²) in [4.78, 5) is 25.0. The molecule has 1 aromatic rings. The molecule has 0 aliphatic carbocycles. The van der Waals surface area contributed by atoms with Gasteiger partial charge in [0.15, 0.2) is 0 Å². The van der Waals surface area contributed by atoms with E-state index in [1.165, 1.54) is 18.2 Å². The third kappa shape index (κ3) is 2.93. The van der Waals surface area contributed by atoms with Crippen molar-refractivity contribution in [2.45, 2.75) is 32.9 Å². The predicted octanol–water partition coefficient (Wildman–Crippen LogP) is 2.95. The van der Waals surface area contributed by atoms with Crippen molar-refractivity contribution in [3.63, 3.8) is 0 Å². The molecule has 0 spiro atoms. The number of urea groups is 1. The fourth-order valence-electron chi connectivity index (χ4n) is 2.20. The molecular weight excluding hydrogens is 283 g/mol. The molecule has 1 unspecified atom stereocenters. The van der Waals surface area contributed by atoms with E-state index >= 15 is 0 Å². The second-order valence-corrected chi connectivity index (χ2v) is 5.66. The van der Waals surface area contributed by atoms with Gasteiger partial charge in [-0.25, -0.2) is 9.18 Å². The third-order valence-corrected chi connectivity index (χ3v) is 3.55. The highest BCUT2D eigenvalue weighted by molar-refractivity contribution is 6.31. The maximum Gasteiger partial charge on any atom is 0.325 e. The highest BCUT2D eigenvalue weighted by Crippen LogP contribution is 2.23. The van der Waals surface area contributed by atoms with Gasteiger partial charge in [0.05, 0.1) is 6.54 Å². The Hall–Kier alpha value is -1.62. The molecule has 1 aliphatic heterocycles. The van der Waals surface area contributed by atoms with Crippen LogP contribution < -0.4 is 5.32 Å². The van der Waals surface area contributed by atoms with E-state index in [0.717, 1.165) is 4.90 Å². The van der Waals surface area contributed by atoms with Gasteiger partial charge in [-0.1, -0.05) is 31.5 Å². The van der Waals surface area contributed by atoms with Crippen LogP contribution in [0.15, 0.2) is 18.2 Å². The summed E-state index contributed by atoms with van der Waals surface area (Å²) in [7, 11) is 0. The van der Waals surface area contributed by atoms with Crippen LogP contribution in [0.25, 0.3) is 0 Å². The van der Waals surface area contributed by atoms with Crippen LogP contribution in [0.1, 0.15) is 25.8 Å². The van der Waals surface area contributed by atoms with Crippen LogP contribution in [0, 0.1) is 11.7 Å².